The van der Waals surface area contributed by atoms with Crippen LogP contribution in [0.25, 0.3) is 0 Å². The summed E-state index contributed by atoms with van der Waals surface area (Å²) in [5.41, 5.74) is 0. The maximum absolute atomic E-state index is 14.5. The number of rotatable bonds is 6. The van der Waals surface area contributed by atoms with Crippen molar-refractivity contribution in [2.24, 2.45) is 0 Å². The molecule has 0 nitrogen and oxygen atoms in total. The Kier molecular flexibility index (Phi) is 6.75. The van der Waals surface area contributed by atoms with E-state index in [0.717, 1.165) is 12.2 Å². The van der Waals surface area contributed by atoms with Gasteiger partial charge in [-0.1, -0.05) is 0 Å². The molecule has 0 atom stereocenters. The fourth-order valence-electron chi connectivity index (χ4n) is 3.16. The van der Waals surface area contributed by atoms with Gasteiger partial charge < -0.3 is 0 Å². The summed E-state index contributed by atoms with van der Waals surface area (Å²) in [5.74, 6) is -24.3. The molecule has 2 aromatic rings. The van der Waals surface area contributed by atoms with Gasteiger partial charge in [0.05, 0.1) is 0 Å². The van der Waals surface area contributed by atoms with Crippen LogP contribution in [0.4, 0.5) is 43.9 Å². The Balaban J connectivity index is 3.18. The average Bonchev–Trinajstić information content (AvgIpc) is 2.68. The fourth-order valence-corrected chi connectivity index (χ4v) is 15.5. The zero-order valence-electron chi connectivity index (χ0n) is 14.3. The van der Waals surface area contributed by atoms with Gasteiger partial charge in [-0.2, -0.15) is 0 Å². The van der Waals surface area contributed by atoms with E-state index in [4.69, 9.17) is 0 Å². The fraction of sp³-hybridized carbons (Fsp3) is 0.111. The average molecular weight is 535 g/mol. The monoisotopic (exact) mass is 536 g/mol. The summed E-state index contributed by atoms with van der Waals surface area (Å²) in [4.78, 5) is 0. The molecule has 2 aromatic carbocycles. The molecule has 0 radical (unpaired) electrons. The topological polar surface area (TPSA) is 0 Å². The van der Waals surface area contributed by atoms with Crippen LogP contribution in [0.2, 0.25) is 8.87 Å². The zero-order valence-corrected chi connectivity index (χ0v) is 17.1. The summed E-state index contributed by atoms with van der Waals surface area (Å²) in [5, 5.41) is 0. The zero-order chi connectivity index (χ0) is 22.3. The first-order valence-electron chi connectivity index (χ1n) is 7.73. The van der Waals surface area contributed by atoms with Crippen LogP contribution in [0.15, 0.2) is 25.3 Å². The van der Waals surface area contributed by atoms with Gasteiger partial charge in [-0.25, -0.2) is 0 Å². The number of hydrogen-bond acceptors (Lipinski definition) is 0. The molecule has 29 heavy (non-hydrogen) atoms. The van der Waals surface area contributed by atoms with Crippen LogP contribution in [0.5, 0.6) is 0 Å². The van der Waals surface area contributed by atoms with Crippen LogP contribution in [-0.2, 0) is 0 Å². The van der Waals surface area contributed by atoms with Crippen molar-refractivity contribution in [1.29, 1.82) is 0 Å². The predicted molar refractivity (Wildman–Crippen MR) is 87.5 cm³/mol. The Bertz CT molecular complexity index is 875. The Labute approximate surface area is 162 Å². The molecule has 0 amide bonds. The quantitative estimate of drug-likeness (QED) is 0.161. The van der Waals surface area contributed by atoms with Crippen molar-refractivity contribution in [3.05, 3.63) is 83.5 Å². The molecular weight excluding hydrogens is 525 g/mol. The van der Waals surface area contributed by atoms with Crippen molar-refractivity contribution in [2.75, 3.05) is 0 Å². The SMILES string of the molecule is C=C[CH2][Sn]([CH2]C=C)([c]1c(F)c(F)c(F)c(F)c1F)[c]1c(F)c(F)c(F)c(F)c1F. The molecule has 0 aliphatic carbocycles. The molecule has 156 valence electrons. The van der Waals surface area contributed by atoms with Gasteiger partial charge in [0.25, 0.3) is 0 Å². The second kappa shape index (κ2) is 8.41. The maximum atomic E-state index is 14.5. The van der Waals surface area contributed by atoms with E-state index in [-0.39, 0.29) is 0 Å². The summed E-state index contributed by atoms with van der Waals surface area (Å²) in [6.07, 6.45) is 1.71. The van der Waals surface area contributed by atoms with E-state index in [0.29, 0.717) is 0 Å². The number of benzene rings is 2. The van der Waals surface area contributed by atoms with Crippen LogP contribution in [-0.4, -0.2) is 18.4 Å². The molecule has 0 saturated carbocycles. The Morgan fingerprint density at radius 1 is 0.448 bits per heavy atom. The third-order valence-electron chi connectivity index (χ3n) is 4.36. The van der Waals surface area contributed by atoms with Crippen LogP contribution in [0.1, 0.15) is 0 Å². The number of allylic oxidation sites excluding steroid dienone is 2. The van der Waals surface area contributed by atoms with E-state index < -0.39 is 92.6 Å². The van der Waals surface area contributed by atoms with E-state index in [1.807, 2.05) is 0 Å². The summed E-state index contributed by atoms with van der Waals surface area (Å²) >= 11 is -5.95. The van der Waals surface area contributed by atoms with E-state index in [2.05, 4.69) is 13.2 Å². The third-order valence-corrected chi connectivity index (χ3v) is 18.0. The molecule has 0 aliphatic heterocycles. The van der Waals surface area contributed by atoms with Gasteiger partial charge in [-0.05, 0) is 0 Å². The van der Waals surface area contributed by atoms with Crippen molar-refractivity contribution in [1.82, 2.24) is 0 Å². The van der Waals surface area contributed by atoms with Crippen LogP contribution in [0.3, 0.4) is 0 Å². The van der Waals surface area contributed by atoms with Gasteiger partial charge in [0.15, 0.2) is 0 Å². The van der Waals surface area contributed by atoms with E-state index in [1.165, 1.54) is 0 Å². The Morgan fingerprint density at radius 3 is 0.862 bits per heavy atom. The van der Waals surface area contributed by atoms with Crippen molar-refractivity contribution in [2.45, 2.75) is 8.87 Å². The van der Waals surface area contributed by atoms with E-state index in [9.17, 15) is 43.9 Å². The predicted octanol–water partition coefficient (Wildman–Crippen LogP) is 5.01. The Morgan fingerprint density at radius 2 is 0.655 bits per heavy atom. The normalized spacial score (nSPS) is 11.7. The first-order chi connectivity index (χ1) is 13.5. The standard InChI is InChI=1S/2C6F5.2C3H5.Sn/c2*7-2-1-3(8)5(10)6(11)4(2)9;2*1-3-2;/h;;2*3H,1-2H2;. The van der Waals surface area contributed by atoms with Crippen molar-refractivity contribution < 1.29 is 43.9 Å². The summed E-state index contributed by atoms with van der Waals surface area (Å²) in [6.45, 7) is 6.46. The molecule has 0 N–H and O–H groups in total. The molecule has 0 saturated heterocycles. The van der Waals surface area contributed by atoms with Gasteiger partial charge in [0, 0.05) is 0 Å². The molecule has 0 unspecified atom stereocenters. The van der Waals surface area contributed by atoms with Crippen molar-refractivity contribution in [3.63, 3.8) is 0 Å². The second-order valence-electron chi connectivity index (χ2n) is 5.96. The minimum atomic E-state index is -5.95. The summed E-state index contributed by atoms with van der Waals surface area (Å²) in [6, 6.07) is 0. The molecular formula is C18H10F10Sn. The van der Waals surface area contributed by atoms with Crippen LogP contribution in [0, 0.1) is 58.2 Å². The second-order valence-corrected chi connectivity index (χ2v) is 17.3. The Hall–Kier alpha value is -1.98. The van der Waals surface area contributed by atoms with Gasteiger partial charge in [0.1, 0.15) is 0 Å². The molecule has 0 aliphatic rings. The first kappa shape index (κ1) is 23.3. The van der Waals surface area contributed by atoms with Crippen molar-refractivity contribution in [3.8, 4) is 0 Å². The van der Waals surface area contributed by atoms with Crippen LogP contribution >= 0.6 is 0 Å². The van der Waals surface area contributed by atoms with E-state index in [1.54, 1.807) is 0 Å². The van der Waals surface area contributed by atoms with Gasteiger partial charge >= 0.3 is 162 Å². The van der Waals surface area contributed by atoms with Crippen molar-refractivity contribution >= 4 is 25.5 Å². The number of halogens is 10. The van der Waals surface area contributed by atoms with E-state index >= 15 is 0 Å². The first-order valence-corrected chi connectivity index (χ1v) is 14.6. The van der Waals surface area contributed by atoms with Crippen LogP contribution < -0.4 is 7.16 Å². The molecule has 0 fully saturated rings. The van der Waals surface area contributed by atoms with Gasteiger partial charge in [0.2, 0.25) is 0 Å². The van der Waals surface area contributed by atoms with Gasteiger partial charge in [-0.15, -0.1) is 0 Å². The minimum absolute atomic E-state index is 0.753. The molecule has 0 heterocycles. The molecule has 0 bridgehead atoms. The molecule has 2 rings (SSSR count). The number of hydrogen-bond donors (Lipinski definition) is 0. The third kappa shape index (κ3) is 3.44. The summed E-state index contributed by atoms with van der Waals surface area (Å²) in [7, 11) is 0. The molecule has 0 aromatic heterocycles. The molecule has 0 spiro atoms. The van der Waals surface area contributed by atoms with Gasteiger partial charge in [-0.3, -0.25) is 0 Å². The molecule has 11 heteroatoms. The summed E-state index contributed by atoms with van der Waals surface area (Å²) < 4.78 is 135.